The van der Waals surface area contributed by atoms with Crippen LogP contribution in [-0.2, 0) is 20.0 Å². The number of rotatable bonds is 2. The number of aryl methyl sites for hydroxylation is 2. The van der Waals surface area contributed by atoms with E-state index in [9.17, 15) is 9.59 Å². The van der Waals surface area contributed by atoms with Gasteiger partial charge in [0.25, 0.3) is 11.5 Å². The smallest absolute Gasteiger partial charge is 0.273 e. The fraction of sp³-hybridized carbons (Fsp3) is 0.529. The number of fused-ring (bicyclic) bond motifs is 1. The Kier molecular flexibility index (Phi) is 3.70. The van der Waals surface area contributed by atoms with E-state index in [-0.39, 0.29) is 17.4 Å². The van der Waals surface area contributed by atoms with Crippen molar-refractivity contribution in [2.24, 2.45) is 7.05 Å². The molecule has 0 aliphatic carbocycles. The van der Waals surface area contributed by atoms with E-state index < -0.39 is 0 Å². The average molecular weight is 327 g/mol. The monoisotopic (exact) mass is 327 g/mol. The van der Waals surface area contributed by atoms with Crippen molar-refractivity contribution < 1.29 is 4.79 Å². The predicted molar refractivity (Wildman–Crippen MR) is 87.9 cm³/mol. The molecule has 126 valence electrons. The predicted octanol–water partition coefficient (Wildman–Crippen LogP) is 0.943. The highest BCUT2D eigenvalue weighted by Gasteiger charge is 2.29. The van der Waals surface area contributed by atoms with Crippen LogP contribution in [0.25, 0.3) is 0 Å². The molecule has 0 aromatic carbocycles. The largest absolute Gasteiger partial charge is 0.338 e. The number of carbonyl (C=O) groups is 1. The van der Waals surface area contributed by atoms with Crippen molar-refractivity contribution in [1.82, 2.24) is 24.2 Å². The Morgan fingerprint density at radius 1 is 1.29 bits per heavy atom. The molecule has 0 spiro atoms. The zero-order valence-corrected chi connectivity index (χ0v) is 13.8. The van der Waals surface area contributed by atoms with E-state index in [0.29, 0.717) is 12.1 Å². The number of hydrogen-bond acceptors (Lipinski definition) is 4. The molecule has 7 nitrogen and oxygen atoms in total. The van der Waals surface area contributed by atoms with Gasteiger partial charge in [-0.2, -0.15) is 10.1 Å². The molecule has 4 heterocycles. The van der Waals surface area contributed by atoms with Gasteiger partial charge < -0.3 is 9.47 Å². The lowest BCUT2D eigenvalue weighted by Gasteiger charge is -2.33. The van der Waals surface area contributed by atoms with Crippen molar-refractivity contribution in [2.75, 3.05) is 13.1 Å². The number of nitrogens with zero attached hydrogens (tertiary/aromatic N) is 5. The molecule has 1 fully saturated rings. The first-order valence-corrected chi connectivity index (χ1v) is 8.50. The molecule has 7 heteroatoms. The summed E-state index contributed by atoms with van der Waals surface area (Å²) in [4.78, 5) is 30.6. The van der Waals surface area contributed by atoms with Crippen LogP contribution in [0.5, 0.6) is 0 Å². The van der Waals surface area contributed by atoms with Crippen LogP contribution in [0.2, 0.25) is 0 Å². The average Bonchev–Trinajstić information content (AvgIpc) is 3.22. The molecule has 1 atom stereocenters. The molecule has 24 heavy (non-hydrogen) atoms. The van der Waals surface area contributed by atoms with Crippen LogP contribution in [0.15, 0.2) is 23.3 Å². The molecule has 0 unspecified atom stereocenters. The van der Waals surface area contributed by atoms with Gasteiger partial charge in [0.05, 0.1) is 11.8 Å². The SMILES string of the molecule is Cn1cc(C(=O)N2CCC[C@@H](c3cc(=O)nc4n3CCC4)C2)cn1. The van der Waals surface area contributed by atoms with Gasteiger partial charge in [-0.3, -0.25) is 14.3 Å². The molecule has 4 rings (SSSR count). The summed E-state index contributed by atoms with van der Waals surface area (Å²) in [5.74, 6) is 1.12. The van der Waals surface area contributed by atoms with E-state index >= 15 is 0 Å². The highest BCUT2D eigenvalue weighted by molar-refractivity contribution is 5.93. The van der Waals surface area contributed by atoms with Crippen LogP contribution >= 0.6 is 0 Å². The number of carbonyl (C=O) groups excluding carboxylic acids is 1. The summed E-state index contributed by atoms with van der Waals surface area (Å²) in [6.07, 6.45) is 7.21. The van der Waals surface area contributed by atoms with E-state index in [2.05, 4.69) is 14.6 Å². The van der Waals surface area contributed by atoms with Crippen molar-refractivity contribution in [3.05, 3.63) is 45.9 Å². The van der Waals surface area contributed by atoms with E-state index in [0.717, 1.165) is 50.3 Å². The third-order valence-electron chi connectivity index (χ3n) is 4.99. The zero-order valence-electron chi connectivity index (χ0n) is 13.8. The molecule has 2 aliphatic heterocycles. The molecule has 1 amide bonds. The normalized spacial score (nSPS) is 20.2. The minimum atomic E-state index is -0.158. The fourth-order valence-corrected chi connectivity index (χ4v) is 3.87. The van der Waals surface area contributed by atoms with Gasteiger partial charge >= 0.3 is 0 Å². The summed E-state index contributed by atoms with van der Waals surface area (Å²) in [6.45, 7) is 2.33. The van der Waals surface area contributed by atoms with Crippen LogP contribution in [0.1, 0.15) is 47.1 Å². The third kappa shape index (κ3) is 2.64. The third-order valence-corrected chi connectivity index (χ3v) is 4.99. The van der Waals surface area contributed by atoms with Gasteiger partial charge in [0.1, 0.15) is 5.82 Å². The second kappa shape index (κ2) is 5.89. The number of likely N-dealkylation sites (tertiary alicyclic amines) is 1. The maximum atomic E-state index is 12.7. The quantitative estimate of drug-likeness (QED) is 0.823. The Labute approximate surface area is 139 Å². The Balaban J connectivity index is 1.60. The lowest BCUT2D eigenvalue weighted by Crippen LogP contribution is -2.40. The summed E-state index contributed by atoms with van der Waals surface area (Å²) >= 11 is 0. The lowest BCUT2D eigenvalue weighted by molar-refractivity contribution is 0.0704. The fourth-order valence-electron chi connectivity index (χ4n) is 3.87. The second-order valence-corrected chi connectivity index (χ2v) is 6.68. The van der Waals surface area contributed by atoms with Gasteiger partial charge in [0.2, 0.25) is 0 Å². The molecular weight excluding hydrogens is 306 g/mol. The van der Waals surface area contributed by atoms with Gasteiger partial charge in [-0.1, -0.05) is 0 Å². The molecular formula is C17H21N5O2. The summed E-state index contributed by atoms with van der Waals surface area (Å²) in [5, 5.41) is 4.08. The Morgan fingerprint density at radius 3 is 2.96 bits per heavy atom. The lowest BCUT2D eigenvalue weighted by atomic mass is 9.93. The molecule has 1 saturated heterocycles. The maximum Gasteiger partial charge on any atom is 0.273 e. The van der Waals surface area contributed by atoms with Gasteiger partial charge in [0.15, 0.2) is 0 Å². The molecule has 2 aliphatic rings. The first-order valence-electron chi connectivity index (χ1n) is 8.50. The Hall–Kier alpha value is -2.44. The van der Waals surface area contributed by atoms with Crippen LogP contribution in [0.3, 0.4) is 0 Å². The second-order valence-electron chi connectivity index (χ2n) is 6.68. The number of hydrogen-bond donors (Lipinski definition) is 0. The van der Waals surface area contributed by atoms with Crippen molar-refractivity contribution in [1.29, 1.82) is 0 Å². The minimum absolute atomic E-state index is 0.0193. The number of amides is 1. The number of aromatic nitrogens is 4. The van der Waals surface area contributed by atoms with E-state index in [4.69, 9.17) is 0 Å². The Bertz CT molecular complexity index is 838. The molecule has 2 aromatic heterocycles. The molecule has 0 N–H and O–H groups in total. The van der Waals surface area contributed by atoms with Crippen LogP contribution in [0, 0.1) is 0 Å². The van der Waals surface area contributed by atoms with Crippen LogP contribution in [0.4, 0.5) is 0 Å². The summed E-state index contributed by atoms with van der Waals surface area (Å²) < 4.78 is 3.83. The zero-order chi connectivity index (χ0) is 16.7. The van der Waals surface area contributed by atoms with Gasteiger partial charge in [-0.15, -0.1) is 0 Å². The van der Waals surface area contributed by atoms with Crippen LogP contribution < -0.4 is 5.56 Å². The first kappa shape index (κ1) is 15.1. The summed E-state index contributed by atoms with van der Waals surface area (Å²) in [7, 11) is 1.81. The standard InChI is InChI=1S/C17H21N5O2/c1-20-10-13(9-18-20)17(24)21-6-2-4-12(11-21)14-8-16(23)19-15-5-3-7-22(14)15/h8-10,12H,2-7,11H2,1H3/t12-/m1/s1. The molecule has 2 aromatic rings. The van der Waals surface area contributed by atoms with Gasteiger partial charge in [-0.25, -0.2) is 0 Å². The Morgan fingerprint density at radius 2 is 2.17 bits per heavy atom. The van der Waals surface area contributed by atoms with E-state index in [1.165, 1.54) is 0 Å². The van der Waals surface area contributed by atoms with Crippen molar-refractivity contribution in [2.45, 2.75) is 38.1 Å². The van der Waals surface area contributed by atoms with Crippen LogP contribution in [-0.4, -0.2) is 43.2 Å². The maximum absolute atomic E-state index is 12.7. The van der Waals surface area contributed by atoms with E-state index in [1.54, 1.807) is 23.1 Å². The molecule has 0 radical (unpaired) electrons. The van der Waals surface area contributed by atoms with Gasteiger partial charge in [-0.05, 0) is 19.3 Å². The van der Waals surface area contributed by atoms with Gasteiger partial charge in [0, 0.05) is 57.0 Å². The first-order chi connectivity index (χ1) is 11.6. The summed E-state index contributed by atoms with van der Waals surface area (Å²) in [5.41, 5.74) is 1.51. The highest BCUT2D eigenvalue weighted by Crippen LogP contribution is 2.29. The molecule has 0 bridgehead atoms. The van der Waals surface area contributed by atoms with Crippen molar-refractivity contribution >= 4 is 5.91 Å². The topological polar surface area (TPSA) is 73.0 Å². The summed E-state index contributed by atoms with van der Waals surface area (Å²) in [6, 6.07) is 1.66. The van der Waals surface area contributed by atoms with Crippen molar-refractivity contribution in [3.8, 4) is 0 Å². The van der Waals surface area contributed by atoms with Crippen molar-refractivity contribution in [3.63, 3.8) is 0 Å². The molecule has 0 saturated carbocycles. The highest BCUT2D eigenvalue weighted by atomic mass is 16.2. The number of piperidine rings is 1. The van der Waals surface area contributed by atoms with E-state index in [1.807, 2.05) is 11.9 Å². The minimum Gasteiger partial charge on any atom is -0.338 e.